The molecule has 1 amide bonds. The highest BCUT2D eigenvalue weighted by molar-refractivity contribution is 5.79. The summed E-state index contributed by atoms with van der Waals surface area (Å²) in [5.74, 6) is 0.673. The maximum atomic E-state index is 11.9. The molecule has 0 saturated heterocycles. The van der Waals surface area contributed by atoms with Crippen LogP contribution in [0.4, 0.5) is 4.79 Å². The number of amides is 1. The fraction of sp³-hybridized carbons (Fsp3) is 0.882. The molecule has 24 heavy (non-hydrogen) atoms. The average Bonchev–Trinajstić information content (AvgIpc) is 2.45. The van der Waals surface area contributed by atoms with Crippen LogP contribution in [-0.4, -0.2) is 56.5 Å². The topological polar surface area (TPSA) is 84.0 Å². The Balaban J connectivity index is 4.47. The second kappa shape index (κ2) is 10.4. The van der Waals surface area contributed by atoms with E-state index in [1.54, 1.807) is 14.2 Å². The minimum Gasteiger partial charge on any atom is -0.444 e. The quantitative estimate of drug-likeness (QED) is 0.465. The van der Waals surface area contributed by atoms with Gasteiger partial charge in [-0.1, -0.05) is 13.3 Å². The van der Waals surface area contributed by atoms with Crippen LogP contribution < -0.4 is 16.0 Å². The third-order valence-electron chi connectivity index (χ3n) is 3.33. The molecule has 1 atom stereocenters. The highest BCUT2D eigenvalue weighted by atomic mass is 16.6. The molecule has 7 nitrogen and oxygen atoms in total. The summed E-state index contributed by atoms with van der Waals surface area (Å²) in [4.78, 5) is 16.1. The van der Waals surface area contributed by atoms with Gasteiger partial charge in [0.25, 0.3) is 0 Å². The first-order valence-corrected chi connectivity index (χ1v) is 8.52. The minimum atomic E-state index is -0.502. The van der Waals surface area contributed by atoms with Crippen LogP contribution >= 0.6 is 0 Å². The first-order chi connectivity index (χ1) is 11.0. The van der Waals surface area contributed by atoms with Crippen molar-refractivity contribution in [3.8, 4) is 0 Å². The summed E-state index contributed by atoms with van der Waals surface area (Å²) in [6.07, 6.45) is 1.42. The van der Waals surface area contributed by atoms with Crippen LogP contribution in [0.1, 0.15) is 54.4 Å². The lowest BCUT2D eigenvalue weighted by molar-refractivity contribution is 0.0268. The van der Waals surface area contributed by atoms with Crippen LogP contribution in [0.2, 0.25) is 0 Å². The number of alkyl carbamates (subject to hydrolysis) is 1. The summed E-state index contributed by atoms with van der Waals surface area (Å²) in [5, 5.41) is 9.36. The van der Waals surface area contributed by atoms with Gasteiger partial charge in [-0.3, -0.25) is 4.99 Å². The van der Waals surface area contributed by atoms with Crippen LogP contribution in [0.3, 0.4) is 0 Å². The molecule has 0 aromatic heterocycles. The Morgan fingerprint density at radius 2 is 1.79 bits per heavy atom. The van der Waals surface area contributed by atoms with E-state index in [4.69, 9.17) is 9.47 Å². The molecule has 7 heteroatoms. The lowest BCUT2D eigenvalue weighted by Gasteiger charge is -2.26. The number of nitrogens with one attached hydrogen (secondary N) is 3. The highest BCUT2D eigenvalue weighted by Gasteiger charge is 2.20. The molecule has 0 aromatic carbocycles. The van der Waals surface area contributed by atoms with Gasteiger partial charge in [-0.05, 0) is 41.0 Å². The highest BCUT2D eigenvalue weighted by Crippen LogP contribution is 2.07. The van der Waals surface area contributed by atoms with Gasteiger partial charge in [0.1, 0.15) is 5.60 Å². The Morgan fingerprint density at radius 1 is 1.17 bits per heavy atom. The van der Waals surface area contributed by atoms with E-state index in [1.165, 1.54) is 0 Å². The number of ether oxygens (including phenoxy) is 2. The van der Waals surface area contributed by atoms with Gasteiger partial charge in [-0.25, -0.2) is 4.79 Å². The van der Waals surface area contributed by atoms with Gasteiger partial charge in [0, 0.05) is 33.3 Å². The molecule has 0 saturated carbocycles. The van der Waals surface area contributed by atoms with Crippen molar-refractivity contribution in [2.75, 3.05) is 27.2 Å². The van der Waals surface area contributed by atoms with E-state index in [0.717, 1.165) is 12.8 Å². The van der Waals surface area contributed by atoms with E-state index in [2.05, 4.69) is 27.9 Å². The van der Waals surface area contributed by atoms with Crippen molar-refractivity contribution < 1.29 is 14.3 Å². The zero-order chi connectivity index (χ0) is 18.8. The molecule has 3 N–H and O–H groups in total. The van der Waals surface area contributed by atoms with Crippen LogP contribution in [0.15, 0.2) is 4.99 Å². The Kier molecular flexibility index (Phi) is 9.73. The predicted molar refractivity (Wildman–Crippen MR) is 98.5 cm³/mol. The Hall–Kier alpha value is -1.50. The molecule has 0 aliphatic rings. The lowest BCUT2D eigenvalue weighted by Crippen LogP contribution is -2.50. The van der Waals surface area contributed by atoms with Crippen LogP contribution in [0.5, 0.6) is 0 Å². The summed E-state index contributed by atoms with van der Waals surface area (Å²) in [7, 11) is 3.39. The van der Waals surface area contributed by atoms with Crippen molar-refractivity contribution in [2.24, 2.45) is 4.99 Å². The maximum Gasteiger partial charge on any atom is 0.407 e. The number of methoxy groups -OCH3 is 1. The smallest absolute Gasteiger partial charge is 0.407 e. The molecule has 0 fully saturated rings. The van der Waals surface area contributed by atoms with Crippen molar-refractivity contribution in [3.63, 3.8) is 0 Å². The molecule has 0 heterocycles. The molecule has 0 aromatic rings. The molecule has 0 radical (unpaired) electrons. The minimum absolute atomic E-state index is 0.0289. The molecular formula is C17H36N4O3. The van der Waals surface area contributed by atoms with Crippen LogP contribution in [-0.2, 0) is 9.47 Å². The van der Waals surface area contributed by atoms with Gasteiger partial charge >= 0.3 is 6.09 Å². The number of nitrogens with zero attached hydrogens (tertiary/aromatic N) is 1. The van der Waals surface area contributed by atoms with Gasteiger partial charge in [0.15, 0.2) is 5.96 Å². The van der Waals surface area contributed by atoms with Crippen LogP contribution in [0, 0.1) is 0 Å². The summed E-state index contributed by atoms with van der Waals surface area (Å²) < 4.78 is 10.7. The third-order valence-corrected chi connectivity index (χ3v) is 3.33. The Bertz CT molecular complexity index is 403. The number of hydrogen-bond acceptors (Lipinski definition) is 4. The van der Waals surface area contributed by atoms with E-state index in [1.807, 2.05) is 34.6 Å². The number of carbonyl (C=O) groups excluding carboxylic acids is 1. The van der Waals surface area contributed by atoms with Gasteiger partial charge in [0.05, 0.1) is 5.60 Å². The van der Waals surface area contributed by atoms with Gasteiger partial charge < -0.3 is 25.4 Å². The summed E-state index contributed by atoms with van der Waals surface area (Å²) in [5.41, 5.74) is -0.785. The normalized spacial score (nSPS) is 14.1. The fourth-order valence-electron chi connectivity index (χ4n) is 1.86. The van der Waals surface area contributed by atoms with E-state index >= 15 is 0 Å². The number of guanidine groups is 1. The first-order valence-electron chi connectivity index (χ1n) is 8.52. The summed E-state index contributed by atoms with van der Waals surface area (Å²) >= 11 is 0. The third kappa shape index (κ3) is 11.1. The van der Waals surface area contributed by atoms with E-state index in [-0.39, 0.29) is 11.6 Å². The zero-order valence-corrected chi connectivity index (χ0v) is 16.6. The second-order valence-electron chi connectivity index (χ2n) is 7.40. The van der Waals surface area contributed by atoms with Gasteiger partial charge in [-0.2, -0.15) is 0 Å². The SMILES string of the molecule is CCCC(CNC(=NC)NCC(C)(C)OC)NC(=O)OC(C)(C)C. The van der Waals surface area contributed by atoms with Crippen molar-refractivity contribution in [3.05, 3.63) is 0 Å². The van der Waals surface area contributed by atoms with Crippen molar-refractivity contribution in [2.45, 2.75) is 71.6 Å². The van der Waals surface area contributed by atoms with Crippen molar-refractivity contribution in [1.82, 2.24) is 16.0 Å². The standard InChI is InChI=1S/C17H36N4O3/c1-9-10-13(21-15(22)24-16(2,3)4)11-19-14(18-7)20-12-17(5,6)23-8/h13H,9-12H2,1-8H3,(H,21,22)(H2,18,19,20). The van der Waals surface area contributed by atoms with E-state index < -0.39 is 11.7 Å². The molecule has 0 spiro atoms. The summed E-state index contributed by atoms with van der Waals surface area (Å²) in [6.45, 7) is 12.8. The largest absolute Gasteiger partial charge is 0.444 e. The lowest BCUT2D eigenvalue weighted by atomic mass is 10.1. The van der Waals surface area contributed by atoms with Crippen molar-refractivity contribution in [1.29, 1.82) is 0 Å². The average molecular weight is 345 g/mol. The fourth-order valence-corrected chi connectivity index (χ4v) is 1.86. The van der Waals surface area contributed by atoms with Crippen LogP contribution in [0.25, 0.3) is 0 Å². The van der Waals surface area contributed by atoms with E-state index in [0.29, 0.717) is 19.0 Å². The monoisotopic (exact) mass is 344 g/mol. The molecule has 0 bridgehead atoms. The molecule has 0 aliphatic carbocycles. The zero-order valence-electron chi connectivity index (χ0n) is 16.6. The number of rotatable bonds is 8. The second-order valence-corrected chi connectivity index (χ2v) is 7.40. The van der Waals surface area contributed by atoms with Gasteiger partial charge in [0.2, 0.25) is 0 Å². The molecule has 0 aliphatic heterocycles. The number of aliphatic imine (C=N–C) groups is 1. The molecular weight excluding hydrogens is 308 g/mol. The predicted octanol–water partition coefficient (Wildman–Crippen LogP) is 2.27. The molecule has 1 unspecified atom stereocenters. The Morgan fingerprint density at radius 3 is 2.25 bits per heavy atom. The molecule has 142 valence electrons. The van der Waals surface area contributed by atoms with Crippen molar-refractivity contribution >= 4 is 12.1 Å². The van der Waals surface area contributed by atoms with Gasteiger partial charge in [-0.15, -0.1) is 0 Å². The number of carbonyl (C=O) groups is 1. The van der Waals surface area contributed by atoms with E-state index in [9.17, 15) is 4.79 Å². The number of hydrogen-bond donors (Lipinski definition) is 3. The maximum absolute atomic E-state index is 11.9. The first kappa shape index (κ1) is 22.5. The Labute approximate surface area is 147 Å². The molecule has 0 rings (SSSR count). The summed E-state index contributed by atoms with van der Waals surface area (Å²) in [6, 6.07) is -0.0289.